The smallest absolute Gasteiger partial charge is 0.258 e. The summed E-state index contributed by atoms with van der Waals surface area (Å²) >= 11 is 1.05. The second kappa shape index (κ2) is 5.60. The minimum Gasteiger partial charge on any atom is -0.365 e. The maximum absolute atomic E-state index is 12.2. The van der Waals surface area contributed by atoms with E-state index < -0.39 is 15.9 Å². The largest absolute Gasteiger partial charge is 0.365 e. The zero-order valence-electron chi connectivity index (χ0n) is 10.8. The lowest BCUT2D eigenvalue weighted by atomic mass is 9.88. The maximum atomic E-state index is 12.2. The van der Waals surface area contributed by atoms with Crippen LogP contribution in [0.2, 0.25) is 0 Å². The highest BCUT2D eigenvalue weighted by Crippen LogP contribution is 2.25. The molecule has 1 aliphatic rings. The van der Waals surface area contributed by atoms with Crippen LogP contribution in [0.1, 0.15) is 42.3 Å². The van der Waals surface area contributed by atoms with Gasteiger partial charge in [-0.3, -0.25) is 4.79 Å². The molecular weight excluding hydrogens is 284 g/mol. The van der Waals surface area contributed by atoms with E-state index in [2.05, 4.69) is 11.6 Å². The molecule has 1 heterocycles. The fourth-order valence-corrected chi connectivity index (χ4v) is 4.69. The second-order valence-corrected chi connectivity index (χ2v) is 7.71. The molecule has 5 nitrogen and oxygen atoms in total. The van der Waals surface area contributed by atoms with Crippen molar-refractivity contribution in [2.75, 3.05) is 0 Å². The van der Waals surface area contributed by atoms with Gasteiger partial charge in [0.25, 0.3) is 5.91 Å². The second-order valence-electron chi connectivity index (χ2n) is 5.09. The summed E-state index contributed by atoms with van der Waals surface area (Å²) < 4.78 is 27.0. The Morgan fingerprint density at radius 1 is 1.37 bits per heavy atom. The van der Waals surface area contributed by atoms with E-state index in [1.165, 1.54) is 11.4 Å². The molecule has 106 valence electrons. The van der Waals surface area contributed by atoms with Crippen LogP contribution in [0.4, 0.5) is 0 Å². The molecular formula is C12H18N2O3S2. The molecule has 7 heteroatoms. The molecule has 0 atom stereocenters. The highest BCUT2D eigenvalue weighted by Gasteiger charge is 2.25. The van der Waals surface area contributed by atoms with Gasteiger partial charge in [0.05, 0.1) is 9.77 Å². The van der Waals surface area contributed by atoms with Crippen LogP contribution >= 0.6 is 11.3 Å². The van der Waals surface area contributed by atoms with Gasteiger partial charge in [-0.15, -0.1) is 11.3 Å². The van der Waals surface area contributed by atoms with Crippen molar-refractivity contribution in [3.8, 4) is 0 Å². The minimum absolute atomic E-state index is 0.00173. The average Bonchev–Trinajstić information content (AvgIpc) is 2.82. The third kappa shape index (κ3) is 3.55. The van der Waals surface area contributed by atoms with E-state index in [-0.39, 0.29) is 15.8 Å². The van der Waals surface area contributed by atoms with Crippen LogP contribution in [-0.2, 0) is 10.0 Å². The van der Waals surface area contributed by atoms with Crippen LogP contribution in [0.3, 0.4) is 0 Å². The summed E-state index contributed by atoms with van der Waals surface area (Å²) in [6.07, 6.45) is 3.83. The molecule has 1 aromatic rings. The van der Waals surface area contributed by atoms with Crippen LogP contribution in [0.25, 0.3) is 0 Å². The van der Waals surface area contributed by atoms with Gasteiger partial charge in [0.15, 0.2) is 0 Å². The van der Waals surface area contributed by atoms with Crippen molar-refractivity contribution in [3.05, 3.63) is 16.3 Å². The van der Waals surface area contributed by atoms with Gasteiger partial charge in [0, 0.05) is 11.4 Å². The number of thiophene rings is 1. The molecule has 19 heavy (non-hydrogen) atoms. The van der Waals surface area contributed by atoms with E-state index in [0.29, 0.717) is 5.92 Å². The molecule has 2 rings (SSSR count). The van der Waals surface area contributed by atoms with Crippen molar-refractivity contribution in [2.24, 2.45) is 11.7 Å². The number of carbonyl (C=O) groups excluding carboxylic acids is 1. The average molecular weight is 302 g/mol. The number of carbonyl (C=O) groups is 1. The van der Waals surface area contributed by atoms with Crippen LogP contribution in [0, 0.1) is 5.92 Å². The molecule has 0 radical (unpaired) electrons. The summed E-state index contributed by atoms with van der Waals surface area (Å²) in [5.41, 5.74) is 5.13. The number of hydrogen-bond acceptors (Lipinski definition) is 4. The zero-order chi connectivity index (χ0) is 14.0. The summed E-state index contributed by atoms with van der Waals surface area (Å²) in [6, 6.07) is 1.33. The molecule has 0 aliphatic heterocycles. The van der Waals surface area contributed by atoms with Crippen LogP contribution in [-0.4, -0.2) is 20.4 Å². The third-order valence-electron chi connectivity index (χ3n) is 3.47. The van der Waals surface area contributed by atoms with Gasteiger partial charge in [0.1, 0.15) is 0 Å². The Balaban J connectivity index is 2.07. The Labute approximate surface area is 117 Å². The summed E-state index contributed by atoms with van der Waals surface area (Å²) in [5, 5.41) is 1.45. The lowest BCUT2D eigenvalue weighted by Crippen LogP contribution is -2.37. The Hall–Kier alpha value is -0.920. The number of amides is 1. The summed E-state index contributed by atoms with van der Waals surface area (Å²) in [5.74, 6) is 0.0707. The van der Waals surface area contributed by atoms with Crippen molar-refractivity contribution in [1.82, 2.24) is 4.72 Å². The molecule has 0 unspecified atom stereocenters. The fraction of sp³-hybridized carbons (Fsp3) is 0.583. The first-order chi connectivity index (χ1) is 8.88. The van der Waals surface area contributed by atoms with Gasteiger partial charge in [-0.05, 0) is 37.7 Å². The first-order valence-corrected chi connectivity index (χ1v) is 8.65. The summed E-state index contributed by atoms with van der Waals surface area (Å²) in [7, 11) is -3.54. The van der Waals surface area contributed by atoms with Gasteiger partial charge in [-0.2, -0.15) is 0 Å². The molecule has 1 saturated carbocycles. The quantitative estimate of drug-likeness (QED) is 0.887. The van der Waals surface area contributed by atoms with Crippen molar-refractivity contribution >= 4 is 27.3 Å². The minimum atomic E-state index is -3.54. The monoisotopic (exact) mass is 302 g/mol. The van der Waals surface area contributed by atoms with Gasteiger partial charge >= 0.3 is 0 Å². The normalized spacial score (nSPS) is 24.3. The predicted molar refractivity (Wildman–Crippen MR) is 74.6 cm³/mol. The number of rotatable bonds is 4. The lowest BCUT2D eigenvalue weighted by molar-refractivity contribution is 0.100. The Kier molecular flexibility index (Phi) is 4.27. The van der Waals surface area contributed by atoms with E-state index in [1.54, 1.807) is 0 Å². The number of hydrogen-bond donors (Lipinski definition) is 2. The first-order valence-electron chi connectivity index (χ1n) is 6.29. The van der Waals surface area contributed by atoms with Crippen molar-refractivity contribution in [2.45, 2.75) is 43.5 Å². The molecule has 0 spiro atoms. The predicted octanol–water partition coefficient (Wildman–Crippen LogP) is 1.70. The molecule has 1 fully saturated rings. The van der Waals surface area contributed by atoms with Crippen LogP contribution in [0.5, 0.6) is 0 Å². The molecule has 1 amide bonds. The fourth-order valence-electron chi connectivity index (χ4n) is 2.25. The number of sulfonamides is 1. The van der Waals surface area contributed by atoms with Crippen molar-refractivity contribution < 1.29 is 13.2 Å². The van der Waals surface area contributed by atoms with Gasteiger partial charge in [-0.25, -0.2) is 13.1 Å². The number of nitrogens with two attached hydrogens (primary N) is 1. The van der Waals surface area contributed by atoms with Crippen LogP contribution < -0.4 is 10.5 Å². The molecule has 3 N–H and O–H groups in total. The highest BCUT2D eigenvalue weighted by molar-refractivity contribution is 7.89. The Morgan fingerprint density at radius 2 is 2.00 bits per heavy atom. The maximum Gasteiger partial charge on any atom is 0.258 e. The molecule has 0 bridgehead atoms. The van der Waals surface area contributed by atoms with E-state index in [9.17, 15) is 13.2 Å². The molecule has 0 aromatic carbocycles. The van der Waals surface area contributed by atoms with E-state index in [0.717, 1.165) is 37.0 Å². The van der Waals surface area contributed by atoms with Gasteiger partial charge in [0.2, 0.25) is 10.0 Å². The molecule has 1 aliphatic carbocycles. The first kappa shape index (κ1) is 14.5. The van der Waals surface area contributed by atoms with Gasteiger partial charge < -0.3 is 5.73 Å². The van der Waals surface area contributed by atoms with Crippen molar-refractivity contribution in [1.29, 1.82) is 0 Å². The third-order valence-corrected chi connectivity index (χ3v) is 6.06. The molecule has 1 aromatic heterocycles. The summed E-state index contributed by atoms with van der Waals surface area (Å²) in [4.78, 5) is 11.4. The number of nitrogens with one attached hydrogen (secondary N) is 1. The topological polar surface area (TPSA) is 89.3 Å². The van der Waals surface area contributed by atoms with E-state index >= 15 is 0 Å². The highest BCUT2D eigenvalue weighted by atomic mass is 32.2. The van der Waals surface area contributed by atoms with Crippen LogP contribution in [0.15, 0.2) is 16.3 Å². The SMILES string of the molecule is CC1CCC(NS(=O)(=O)c2csc(C(N)=O)c2)CC1. The molecule has 0 saturated heterocycles. The van der Waals surface area contributed by atoms with Gasteiger partial charge in [-0.1, -0.05) is 6.92 Å². The van der Waals surface area contributed by atoms with Crippen molar-refractivity contribution in [3.63, 3.8) is 0 Å². The summed E-state index contributed by atoms with van der Waals surface area (Å²) in [6.45, 7) is 2.18. The standard InChI is InChI=1S/C12H18N2O3S2/c1-8-2-4-9(5-3-8)14-19(16,17)10-6-11(12(13)15)18-7-10/h6-9,14H,2-5H2,1H3,(H2,13,15). The zero-order valence-corrected chi connectivity index (χ0v) is 12.4. The van der Waals surface area contributed by atoms with E-state index in [4.69, 9.17) is 5.73 Å². The Bertz CT molecular complexity index is 557. The van der Waals surface area contributed by atoms with E-state index in [1.807, 2.05) is 0 Å². The Morgan fingerprint density at radius 3 is 2.53 bits per heavy atom. The number of primary amides is 1. The lowest BCUT2D eigenvalue weighted by Gasteiger charge is -2.26.